The summed E-state index contributed by atoms with van der Waals surface area (Å²) in [5.41, 5.74) is 5.05. The zero-order chi connectivity index (χ0) is 13.8. The maximum Gasteiger partial charge on any atom is 0.113 e. The van der Waals surface area contributed by atoms with Crippen LogP contribution in [0.15, 0.2) is 60.8 Å². The summed E-state index contributed by atoms with van der Waals surface area (Å²) < 4.78 is 1.86. The summed E-state index contributed by atoms with van der Waals surface area (Å²) in [6, 6.07) is 18.6. The molecule has 2 aliphatic rings. The van der Waals surface area contributed by atoms with Crippen molar-refractivity contribution in [2.75, 3.05) is 0 Å². The molecule has 4 heteroatoms. The standard InChI is InChI=1S/C17H10N4/c1-4-8-15-11(5-1)9-13-12-6-2-3-7-14(12)19-17(13)16-10-18-20-21(15)16/h1-10H. The minimum Gasteiger partial charge on any atom is -0.245 e. The van der Waals surface area contributed by atoms with Crippen molar-refractivity contribution >= 4 is 27.3 Å². The van der Waals surface area contributed by atoms with Crippen molar-refractivity contribution in [3.05, 3.63) is 60.8 Å². The number of nitrogens with zero attached hydrogens (tertiary/aromatic N) is 4. The second-order valence-electron chi connectivity index (χ2n) is 5.13. The van der Waals surface area contributed by atoms with Gasteiger partial charge in [0, 0.05) is 16.3 Å². The van der Waals surface area contributed by atoms with Crippen LogP contribution in [0, 0.1) is 0 Å². The van der Waals surface area contributed by atoms with E-state index < -0.39 is 0 Å². The van der Waals surface area contributed by atoms with Crippen molar-refractivity contribution in [3.8, 4) is 11.3 Å². The molecule has 0 saturated carbocycles. The third-order valence-corrected chi connectivity index (χ3v) is 3.94. The number of fused-ring (bicyclic) bond motifs is 7. The van der Waals surface area contributed by atoms with Gasteiger partial charge in [-0.1, -0.05) is 41.6 Å². The molecule has 0 saturated heterocycles. The van der Waals surface area contributed by atoms with Gasteiger partial charge in [-0.3, -0.25) is 0 Å². The van der Waals surface area contributed by atoms with Crippen LogP contribution in [0.2, 0.25) is 0 Å². The third kappa shape index (κ3) is 1.36. The Bertz CT molecular complexity index is 1090. The molecule has 2 aliphatic heterocycles. The molecule has 98 valence electrons. The lowest BCUT2D eigenvalue weighted by Gasteiger charge is -1.93. The molecule has 0 N–H and O–H groups in total. The molecule has 5 rings (SSSR count). The molecule has 0 unspecified atom stereocenters. The first kappa shape index (κ1) is 10.7. The quantitative estimate of drug-likeness (QED) is 0.432. The first-order valence-corrected chi connectivity index (χ1v) is 6.82. The van der Waals surface area contributed by atoms with Gasteiger partial charge in [0.15, 0.2) is 0 Å². The summed E-state index contributed by atoms with van der Waals surface area (Å²) in [7, 11) is 0. The highest BCUT2D eigenvalue weighted by atomic mass is 15.4. The van der Waals surface area contributed by atoms with Gasteiger partial charge >= 0.3 is 0 Å². The summed E-state index contributed by atoms with van der Waals surface area (Å²) in [5, 5.41) is 10.6. The van der Waals surface area contributed by atoms with E-state index in [1.54, 1.807) is 6.20 Å². The molecule has 0 spiro atoms. The molecule has 0 fully saturated rings. The van der Waals surface area contributed by atoms with Gasteiger partial charge in [0.2, 0.25) is 0 Å². The number of hydrogen-bond acceptors (Lipinski definition) is 3. The van der Waals surface area contributed by atoms with E-state index >= 15 is 0 Å². The lowest BCUT2D eigenvalue weighted by Crippen LogP contribution is -1.87. The van der Waals surface area contributed by atoms with Crippen LogP contribution in [0.3, 0.4) is 0 Å². The molecule has 0 radical (unpaired) electrons. The topological polar surface area (TPSA) is 43.1 Å². The van der Waals surface area contributed by atoms with Crippen LogP contribution < -0.4 is 0 Å². The molecular formula is C17H10N4. The number of hydrogen-bond donors (Lipinski definition) is 0. The van der Waals surface area contributed by atoms with E-state index in [1.807, 2.05) is 34.8 Å². The van der Waals surface area contributed by atoms with E-state index in [0.717, 1.165) is 38.6 Å². The minimum absolute atomic E-state index is 0.933. The van der Waals surface area contributed by atoms with E-state index in [2.05, 4.69) is 34.6 Å². The average molecular weight is 270 g/mol. The Balaban J connectivity index is 2.16. The predicted octanol–water partition coefficient (Wildman–Crippen LogP) is 3.54. The van der Waals surface area contributed by atoms with Crippen molar-refractivity contribution in [2.24, 2.45) is 0 Å². The van der Waals surface area contributed by atoms with Crippen LogP contribution in [-0.2, 0) is 0 Å². The summed E-state index contributed by atoms with van der Waals surface area (Å²) in [6.07, 6.45) is 1.78. The van der Waals surface area contributed by atoms with Gasteiger partial charge in [-0.15, -0.1) is 5.10 Å². The van der Waals surface area contributed by atoms with Crippen molar-refractivity contribution in [1.29, 1.82) is 0 Å². The molecule has 0 bridgehead atoms. The predicted molar refractivity (Wildman–Crippen MR) is 82.4 cm³/mol. The Morgan fingerprint density at radius 1 is 0.857 bits per heavy atom. The Hall–Kier alpha value is -3.01. The van der Waals surface area contributed by atoms with Gasteiger partial charge in [-0.25, -0.2) is 9.50 Å². The van der Waals surface area contributed by atoms with E-state index in [9.17, 15) is 0 Å². The van der Waals surface area contributed by atoms with Crippen molar-refractivity contribution in [2.45, 2.75) is 0 Å². The Morgan fingerprint density at radius 2 is 1.71 bits per heavy atom. The lowest BCUT2D eigenvalue weighted by molar-refractivity contribution is 0.883. The Morgan fingerprint density at radius 3 is 2.71 bits per heavy atom. The SMILES string of the molecule is c1ccc2c(c1)cc1c3ccccc3nc-1c1cnnn12. The first-order valence-electron chi connectivity index (χ1n) is 6.82. The zero-order valence-electron chi connectivity index (χ0n) is 11.1. The van der Waals surface area contributed by atoms with Gasteiger partial charge in [0.05, 0.1) is 22.9 Å². The minimum atomic E-state index is 0.933. The summed E-state index contributed by atoms with van der Waals surface area (Å²) in [6.45, 7) is 0. The molecule has 0 aliphatic carbocycles. The molecule has 3 heterocycles. The number of aromatic nitrogens is 4. The van der Waals surface area contributed by atoms with Crippen molar-refractivity contribution in [1.82, 2.24) is 19.8 Å². The van der Waals surface area contributed by atoms with Crippen LogP contribution in [0.5, 0.6) is 0 Å². The smallest absolute Gasteiger partial charge is 0.113 e. The molecule has 21 heavy (non-hydrogen) atoms. The fourth-order valence-electron chi connectivity index (χ4n) is 2.98. The lowest BCUT2D eigenvalue weighted by atomic mass is 10.1. The molecule has 2 aromatic carbocycles. The van der Waals surface area contributed by atoms with Gasteiger partial charge in [0.1, 0.15) is 5.52 Å². The van der Waals surface area contributed by atoms with Gasteiger partial charge < -0.3 is 0 Å². The fraction of sp³-hybridized carbons (Fsp3) is 0. The highest BCUT2D eigenvalue weighted by Gasteiger charge is 2.16. The molecule has 0 atom stereocenters. The van der Waals surface area contributed by atoms with Crippen LogP contribution >= 0.6 is 0 Å². The number of para-hydroxylation sites is 2. The largest absolute Gasteiger partial charge is 0.245 e. The van der Waals surface area contributed by atoms with Crippen molar-refractivity contribution in [3.63, 3.8) is 0 Å². The second kappa shape index (κ2) is 3.76. The van der Waals surface area contributed by atoms with E-state index in [-0.39, 0.29) is 0 Å². The maximum absolute atomic E-state index is 4.78. The molecule has 1 aromatic heterocycles. The Kier molecular flexibility index (Phi) is 1.92. The van der Waals surface area contributed by atoms with Gasteiger partial charge in [-0.2, -0.15) is 0 Å². The molecular weight excluding hydrogens is 260 g/mol. The highest BCUT2D eigenvalue weighted by Crippen LogP contribution is 2.34. The van der Waals surface area contributed by atoms with Crippen LogP contribution in [0.4, 0.5) is 0 Å². The van der Waals surface area contributed by atoms with Crippen LogP contribution in [-0.4, -0.2) is 19.8 Å². The van der Waals surface area contributed by atoms with Gasteiger partial charge in [0.25, 0.3) is 0 Å². The van der Waals surface area contributed by atoms with Crippen molar-refractivity contribution < 1.29 is 0 Å². The maximum atomic E-state index is 4.78. The molecule has 4 nitrogen and oxygen atoms in total. The fourth-order valence-corrected chi connectivity index (χ4v) is 2.98. The summed E-state index contributed by atoms with van der Waals surface area (Å²) in [5.74, 6) is 0. The first-order chi connectivity index (χ1) is 10.4. The summed E-state index contributed by atoms with van der Waals surface area (Å²) in [4.78, 5) is 4.78. The number of benzene rings is 2. The molecule has 3 aromatic rings. The zero-order valence-corrected chi connectivity index (χ0v) is 11.1. The second-order valence-corrected chi connectivity index (χ2v) is 5.13. The molecule has 0 amide bonds. The third-order valence-electron chi connectivity index (χ3n) is 3.94. The summed E-state index contributed by atoms with van der Waals surface area (Å²) >= 11 is 0. The van der Waals surface area contributed by atoms with E-state index in [0.29, 0.717) is 0 Å². The van der Waals surface area contributed by atoms with E-state index in [4.69, 9.17) is 4.98 Å². The average Bonchev–Trinajstić information content (AvgIpc) is 3.10. The Labute approximate surface area is 120 Å². The highest BCUT2D eigenvalue weighted by molar-refractivity contribution is 6.04. The number of rotatable bonds is 0. The van der Waals surface area contributed by atoms with Crippen LogP contribution in [0.1, 0.15) is 0 Å². The van der Waals surface area contributed by atoms with Crippen LogP contribution in [0.25, 0.3) is 38.6 Å². The van der Waals surface area contributed by atoms with E-state index in [1.165, 1.54) is 0 Å². The monoisotopic (exact) mass is 270 g/mol. The normalized spacial score (nSPS) is 11.8. The van der Waals surface area contributed by atoms with Gasteiger partial charge in [-0.05, 0) is 18.2 Å².